The second kappa shape index (κ2) is 5.95. The van der Waals surface area contributed by atoms with Gasteiger partial charge in [0.25, 0.3) is 0 Å². The summed E-state index contributed by atoms with van der Waals surface area (Å²) >= 11 is 0. The van der Waals surface area contributed by atoms with Crippen LogP contribution in [0.4, 0.5) is 0 Å². The molecule has 134 valence electrons. The highest BCUT2D eigenvalue weighted by Crippen LogP contribution is 2.59. The van der Waals surface area contributed by atoms with Gasteiger partial charge in [0, 0.05) is 12.3 Å². The van der Waals surface area contributed by atoms with Crippen molar-refractivity contribution < 1.29 is 24.5 Å². The lowest BCUT2D eigenvalue weighted by atomic mass is 9.47. The first kappa shape index (κ1) is 17.6. The molecule has 5 atom stereocenters. The summed E-state index contributed by atoms with van der Waals surface area (Å²) in [6.45, 7) is 6.36. The minimum absolute atomic E-state index is 0.00238. The molecule has 1 saturated heterocycles. The Hall–Kier alpha value is -1.20. The molecule has 0 aromatic rings. The monoisotopic (exact) mass is 336 g/mol. The highest BCUT2D eigenvalue weighted by atomic mass is 16.6. The molecular formula is C19H28O5. The maximum Gasteiger partial charge on any atom is 0.336 e. The number of Topliss-reactive ketones (excluding diaryl/α,β-unsaturated/α-hetero) is 1. The minimum atomic E-state index is -0.885. The number of hydrogen-bond donors (Lipinski definition) is 2. The van der Waals surface area contributed by atoms with E-state index in [4.69, 9.17) is 4.74 Å². The van der Waals surface area contributed by atoms with Crippen LogP contribution in [-0.4, -0.2) is 40.8 Å². The van der Waals surface area contributed by atoms with Crippen molar-refractivity contribution in [1.82, 2.24) is 0 Å². The number of fused-ring (bicyclic) bond motifs is 1. The molecule has 0 spiro atoms. The van der Waals surface area contributed by atoms with Gasteiger partial charge in [-0.2, -0.15) is 0 Å². The van der Waals surface area contributed by atoms with E-state index in [2.05, 4.69) is 20.8 Å². The molecule has 1 heterocycles. The molecule has 0 aromatic carbocycles. The van der Waals surface area contributed by atoms with E-state index >= 15 is 0 Å². The molecule has 5 heteroatoms. The van der Waals surface area contributed by atoms with Crippen molar-refractivity contribution >= 4 is 11.8 Å². The van der Waals surface area contributed by atoms with Gasteiger partial charge in [-0.15, -0.1) is 0 Å². The summed E-state index contributed by atoms with van der Waals surface area (Å²) in [6.07, 6.45) is 3.79. The SMILES string of the molecule is CC1(C)[C@H](O)CC[C@@]2(C)[C@H](C/C=C3/C(=O)OC[C@H]3O)C(=O)CC[C@H]12. The molecule has 0 radical (unpaired) electrons. The number of aliphatic hydroxyl groups is 2. The van der Waals surface area contributed by atoms with Gasteiger partial charge in [0.1, 0.15) is 18.5 Å². The Bertz CT molecular complexity index is 578. The zero-order valence-electron chi connectivity index (χ0n) is 14.7. The van der Waals surface area contributed by atoms with Crippen LogP contribution in [0, 0.1) is 22.7 Å². The Labute approximate surface area is 143 Å². The lowest BCUT2D eigenvalue weighted by Gasteiger charge is -2.58. The summed E-state index contributed by atoms with van der Waals surface area (Å²) in [5, 5.41) is 20.3. The Morgan fingerprint density at radius 3 is 2.54 bits per heavy atom. The van der Waals surface area contributed by atoms with Crippen molar-refractivity contribution in [1.29, 1.82) is 0 Å². The average Bonchev–Trinajstić information content (AvgIpc) is 2.82. The van der Waals surface area contributed by atoms with Crippen LogP contribution in [0.2, 0.25) is 0 Å². The molecule has 0 amide bonds. The van der Waals surface area contributed by atoms with Gasteiger partial charge in [-0.05, 0) is 42.4 Å². The Morgan fingerprint density at radius 1 is 1.21 bits per heavy atom. The van der Waals surface area contributed by atoms with E-state index in [9.17, 15) is 19.8 Å². The predicted octanol–water partition coefficient (Wildman–Crippen LogP) is 2.00. The van der Waals surface area contributed by atoms with Crippen molar-refractivity contribution in [2.24, 2.45) is 22.7 Å². The van der Waals surface area contributed by atoms with Gasteiger partial charge in [-0.25, -0.2) is 4.79 Å². The van der Waals surface area contributed by atoms with E-state index < -0.39 is 12.1 Å². The topological polar surface area (TPSA) is 83.8 Å². The summed E-state index contributed by atoms with van der Waals surface area (Å²) in [4.78, 5) is 24.3. The van der Waals surface area contributed by atoms with Gasteiger partial charge in [-0.3, -0.25) is 4.79 Å². The lowest BCUT2D eigenvalue weighted by molar-refractivity contribution is -0.157. The van der Waals surface area contributed by atoms with E-state index in [-0.39, 0.29) is 46.7 Å². The van der Waals surface area contributed by atoms with E-state index in [1.165, 1.54) is 0 Å². The number of cyclic esters (lactones) is 1. The van der Waals surface area contributed by atoms with Crippen molar-refractivity contribution in [3.05, 3.63) is 11.6 Å². The fourth-order valence-corrected chi connectivity index (χ4v) is 5.35. The summed E-state index contributed by atoms with van der Waals surface area (Å²) in [7, 11) is 0. The first-order valence-electron chi connectivity index (χ1n) is 8.94. The van der Waals surface area contributed by atoms with Crippen LogP contribution in [0.3, 0.4) is 0 Å². The van der Waals surface area contributed by atoms with Crippen molar-refractivity contribution in [2.45, 2.75) is 65.1 Å². The molecule has 3 fully saturated rings. The largest absolute Gasteiger partial charge is 0.459 e. The third kappa shape index (κ3) is 2.62. The van der Waals surface area contributed by atoms with Crippen LogP contribution >= 0.6 is 0 Å². The van der Waals surface area contributed by atoms with Crippen molar-refractivity contribution in [3.8, 4) is 0 Å². The van der Waals surface area contributed by atoms with Gasteiger partial charge in [0.2, 0.25) is 0 Å². The molecule has 2 N–H and O–H groups in total. The molecule has 0 bridgehead atoms. The normalized spacial score (nSPS) is 43.6. The molecule has 1 aliphatic heterocycles. The van der Waals surface area contributed by atoms with Gasteiger partial charge >= 0.3 is 5.97 Å². The number of aliphatic hydroxyl groups excluding tert-OH is 2. The number of carbonyl (C=O) groups excluding carboxylic acids is 2. The number of ether oxygens (including phenoxy) is 1. The molecule has 3 aliphatic rings. The second-order valence-corrected chi connectivity index (χ2v) is 8.50. The molecule has 2 aliphatic carbocycles. The number of ketones is 1. The zero-order chi connectivity index (χ0) is 17.7. The van der Waals surface area contributed by atoms with Crippen molar-refractivity contribution in [3.63, 3.8) is 0 Å². The van der Waals surface area contributed by atoms with E-state index in [1.54, 1.807) is 6.08 Å². The highest BCUT2D eigenvalue weighted by molar-refractivity contribution is 5.92. The summed E-state index contributed by atoms with van der Waals surface area (Å²) in [5.74, 6) is -0.142. The number of rotatable bonds is 2. The summed E-state index contributed by atoms with van der Waals surface area (Å²) < 4.78 is 4.85. The zero-order valence-corrected chi connectivity index (χ0v) is 14.7. The lowest BCUT2D eigenvalue weighted by Crippen LogP contribution is -2.56. The first-order valence-corrected chi connectivity index (χ1v) is 8.94. The van der Waals surface area contributed by atoms with Crippen molar-refractivity contribution in [2.75, 3.05) is 6.61 Å². The smallest absolute Gasteiger partial charge is 0.336 e. The minimum Gasteiger partial charge on any atom is -0.459 e. The fraction of sp³-hybridized carbons (Fsp3) is 0.789. The fourth-order valence-electron chi connectivity index (χ4n) is 5.35. The highest BCUT2D eigenvalue weighted by Gasteiger charge is 2.57. The van der Waals surface area contributed by atoms with Gasteiger partial charge in [0.15, 0.2) is 0 Å². The Morgan fingerprint density at radius 2 is 1.92 bits per heavy atom. The number of esters is 1. The van der Waals surface area contributed by atoms with E-state index in [0.717, 1.165) is 12.8 Å². The second-order valence-electron chi connectivity index (χ2n) is 8.50. The van der Waals surface area contributed by atoms with Crippen LogP contribution in [-0.2, 0) is 14.3 Å². The molecule has 3 rings (SSSR count). The van der Waals surface area contributed by atoms with Crippen LogP contribution in [0.5, 0.6) is 0 Å². The average molecular weight is 336 g/mol. The molecule has 0 unspecified atom stereocenters. The summed E-state index contributed by atoms with van der Waals surface area (Å²) in [6, 6.07) is 0. The molecule has 0 aromatic heterocycles. The predicted molar refractivity (Wildman–Crippen MR) is 88.0 cm³/mol. The molecule has 24 heavy (non-hydrogen) atoms. The maximum atomic E-state index is 12.6. The van der Waals surface area contributed by atoms with Gasteiger partial charge < -0.3 is 14.9 Å². The Kier molecular flexibility index (Phi) is 4.37. The number of carbonyl (C=O) groups is 2. The molecular weight excluding hydrogens is 308 g/mol. The first-order chi connectivity index (χ1) is 11.2. The molecule has 5 nitrogen and oxygen atoms in total. The van der Waals surface area contributed by atoms with Gasteiger partial charge in [-0.1, -0.05) is 26.8 Å². The quantitative estimate of drug-likeness (QED) is 0.595. The molecule has 2 saturated carbocycles. The van der Waals surface area contributed by atoms with Crippen LogP contribution in [0.1, 0.15) is 52.9 Å². The Balaban J connectivity index is 1.87. The van der Waals surface area contributed by atoms with Crippen LogP contribution in [0.25, 0.3) is 0 Å². The third-order valence-electron chi connectivity index (χ3n) is 6.91. The maximum absolute atomic E-state index is 12.6. The number of allylic oxidation sites excluding steroid dienone is 1. The van der Waals surface area contributed by atoms with Crippen LogP contribution in [0.15, 0.2) is 11.6 Å². The standard InChI is InChI=1S/C19H28O5/c1-18(2)15-7-6-13(20)12(19(15,3)9-8-16(18)22)5-4-11-14(21)10-24-17(11)23/h4,12,14-16,21-22H,5-10H2,1-3H3/b11-4+/t12-,14-,15-,16-,19+/m1/s1. The number of hydrogen-bond acceptors (Lipinski definition) is 5. The van der Waals surface area contributed by atoms with E-state index in [1.807, 2.05) is 0 Å². The van der Waals surface area contributed by atoms with Crippen LogP contribution < -0.4 is 0 Å². The third-order valence-corrected chi connectivity index (χ3v) is 6.91. The summed E-state index contributed by atoms with van der Waals surface area (Å²) in [5.41, 5.74) is -0.114. The van der Waals surface area contributed by atoms with E-state index in [0.29, 0.717) is 19.3 Å². The van der Waals surface area contributed by atoms with Gasteiger partial charge in [0.05, 0.1) is 11.7 Å².